The lowest BCUT2D eigenvalue weighted by atomic mass is 9.89. The van der Waals surface area contributed by atoms with Crippen molar-refractivity contribution < 1.29 is 8.42 Å². The van der Waals surface area contributed by atoms with Crippen molar-refractivity contribution in [2.24, 2.45) is 12.5 Å². The van der Waals surface area contributed by atoms with Crippen LogP contribution in [0, 0.1) is 5.41 Å². The molecule has 2 rings (SSSR count). The van der Waals surface area contributed by atoms with E-state index in [4.69, 9.17) is 0 Å². The number of rotatable bonds is 6. The Balaban J connectivity index is 2.08. The minimum Gasteiger partial charge on any atom is -0.352 e. The summed E-state index contributed by atoms with van der Waals surface area (Å²) < 4.78 is 29.3. The van der Waals surface area contributed by atoms with E-state index in [1.807, 2.05) is 18.7 Å². The van der Waals surface area contributed by atoms with Crippen LogP contribution < -0.4 is 10.0 Å². The summed E-state index contributed by atoms with van der Waals surface area (Å²) >= 11 is 0. The summed E-state index contributed by atoms with van der Waals surface area (Å²) in [6.07, 6.45) is 6.29. The van der Waals surface area contributed by atoms with E-state index in [9.17, 15) is 8.42 Å². The zero-order valence-corrected chi connectivity index (χ0v) is 13.4. The van der Waals surface area contributed by atoms with Gasteiger partial charge in [0.1, 0.15) is 0 Å². The Morgan fingerprint density at radius 3 is 2.60 bits per heavy atom. The highest BCUT2D eigenvalue weighted by atomic mass is 32.2. The molecular weight excluding hydrogens is 274 g/mol. The van der Waals surface area contributed by atoms with E-state index in [0.29, 0.717) is 18.0 Å². The topological polar surface area (TPSA) is 63.1 Å². The molecule has 0 radical (unpaired) electrons. The maximum atomic E-state index is 12.4. The Morgan fingerprint density at radius 1 is 1.35 bits per heavy atom. The van der Waals surface area contributed by atoms with Gasteiger partial charge in [0.15, 0.2) is 0 Å². The first-order chi connectivity index (χ1) is 9.36. The quantitative estimate of drug-likeness (QED) is 0.839. The van der Waals surface area contributed by atoms with Gasteiger partial charge in [-0.3, -0.25) is 0 Å². The molecule has 6 heteroatoms. The molecule has 0 saturated heterocycles. The van der Waals surface area contributed by atoms with Crippen LogP contribution in [0.5, 0.6) is 0 Å². The van der Waals surface area contributed by atoms with Gasteiger partial charge in [0.25, 0.3) is 0 Å². The molecule has 1 aromatic heterocycles. The molecule has 114 valence electrons. The Hall–Kier alpha value is -0.850. The van der Waals surface area contributed by atoms with E-state index < -0.39 is 10.0 Å². The van der Waals surface area contributed by atoms with Crippen LogP contribution in [0.25, 0.3) is 0 Å². The lowest BCUT2D eigenvalue weighted by Crippen LogP contribution is -2.34. The molecule has 1 heterocycles. The van der Waals surface area contributed by atoms with E-state index in [2.05, 4.69) is 17.0 Å². The Morgan fingerprint density at radius 2 is 2.00 bits per heavy atom. The minimum absolute atomic E-state index is 0.121. The maximum Gasteiger partial charge on any atom is 0.242 e. The second-order valence-corrected chi connectivity index (χ2v) is 7.92. The summed E-state index contributed by atoms with van der Waals surface area (Å²) in [5, 5.41) is 3.04. The van der Waals surface area contributed by atoms with Crippen molar-refractivity contribution in [2.45, 2.75) is 44.0 Å². The SMILES string of the molecule is CNCc1cc(S(=O)(=O)NCC2(C)CCCC2)cn1C. The number of hydrogen-bond acceptors (Lipinski definition) is 3. The van der Waals surface area contributed by atoms with Crippen molar-refractivity contribution in [3.05, 3.63) is 18.0 Å². The third-order valence-corrected chi connectivity index (χ3v) is 5.62. The standard InChI is InChI=1S/C14H25N3O2S/c1-14(6-4-5-7-14)11-16-20(18,19)13-8-12(9-15-2)17(3)10-13/h8,10,15-16H,4-7,9,11H2,1-3H3. The van der Waals surface area contributed by atoms with E-state index >= 15 is 0 Å². The molecule has 0 amide bonds. The number of nitrogens with zero attached hydrogens (tertiary/aromatic N) is 1. The van der Waals surface area contributed by atoms with Crippen molar-refractivity contribution in [1.29, 1.82) is 0 Å². The molecule has 0 bridgehead atoms. The van der Waals surface area contributed by atoms with Gasteiger partial charge < -0.3 is 9.88 Å². The molecule has 2 N–H and O–H groups in total. The van der Waals surface area contributed by atoms with Crippen molar-refractivity contribution in [2.75, 3.05) is 13.6 Å². The van der Waals surface area contributed by atoms with Gasteiger partial charge in [-0.15, -0.1) is 0 Å². The van der Waals surface area contributed by atoms with Crippen LogP contribution in [-0.4, -0.2) is 26.6 Å². The van der Waals surface area contributed by atoms with Gasteiger partial charge >= 0.3 is 0 Å². The monoisotopic (exact) mass is 299 g/mol. The molecule has 1 aromatic rings. The van der Waals surface area contributed by atoms with Crippen LogP contribution >= 0.6 is 0 Å². The van der Waals surface area contributed by atoms with Crippen LogP contribution in [0.1, 0.15) is 38.3 Å². The predicted molar refractivity (Wildman–Crippen MR) is 79.9 cm³/mol. The number of sulfonamides is 1. The van der Waals surface area contributed by atoms with E-state index in [1.165, 1.54) is 12.8 Å². The summed E-state index contributed by atoms with van der Waals surface area (Å²) in [5.41, 5.74) is 1.08. The van der Waals surface area contributed by atoms with Crippen LogP contribution in [0.4, 0.5) is 0 Å². The molecule has 0 aromatic carbocycles. The van der Waals surface area contributed by atoms with Gasteiger partial charge in [0.2, 0.25) is 10.0 Å². The zero-order valence-electron chi connectivity index (χ0n) is 12.6. The fourth-order valence-electron chi connectivity index (χ4n) is 2.84. The highest BCUT2D eigenvalue weighted by Gasteiger charge is 2.30. The van der Waals surface area contributed by atoms with Crippen LogP contribution in [0.2, 0.25) is 0 Å². The molecule has 20 heavy (non-hydrogen) atoms. The molecule has 0 spiro atoms. The molecular formula is C14H25N3O2S. The third kappa shape index (κ3) is 3.42. The largest absolute Gasteiger partial charge is 0.352 e. The van der Waals surface area contributed by atoms with Gasteiger partial charge in [0.05, 0.1) is 4.90 Å². The second-order valence-electron chi connectivity index (χ2n) is 6.15. The summed E-state index contributed by atoms with van der Waals surface area (Å²) in [7, 11) is 0.308. The first kappa shape index (κ1) is 15.5. The summed E-state index contributed by atoms with van der Waals surface area (Å²) in [6.45, 7) is 3.36. The smallest absolute Gasteiger partial charge is 0.242 e. The normalized spacial score (nSPS) is 18.6. The van der Waals surface area contributed by atoms with Crippen LogP contribution in [-0.2, 0) is 23.6 Å². The fraction of sp³-hybridized carbons (Fsp3) is 0.714. The highest BCUT2D eigenvalue weighted by molar-refractivity contribution is 7.89. The Labute approximate surface area is 121 Å². The summed E-state index contributed by atoms with van der Waals surface area (Å²) in [4.78, 5) is 0.354. The van der Waals surface area contributed by atoms with Gasteiger partial charge in [0, 0.05) is 32.0 Å². The number of aryl methyl sites for hydroxylation is 1. The van der Waals surface area contributed by atoms with E-state index in [-0.39, 0.29) is 5.41 Å². The molecule has 0 unspecified atom stereocenters. The number of hydrogen-bond donors (Lipinski definition) is 2. The lowest BCUT2D eigenvalue weighted by Gasteiger charge is -2.23. The Bertz CT molecular complexity index is 557. The van der Waals surface area contributed by atoms with Crippen molar-refractivity contribution in [1.82, 2.24) is 14.6 Å². The van der Waals surface area contributed by atoms with E-state index in [0.717, 1.165) is 18.5 Å². The first-order valence-corrected chi connectivity index (χ1v) is 8.64. The molecule has 0 atom stereocenters. The summed E-state index contributed by atoms with van der Waals surface area (Å²) in [6, 6.07) is 1.73. The van der Waals surface area contributed by atoms with Gasteiger partial charge in [-0.05, 0) is 31.4 Å². The van der Waals surface area contributed by atoms with Crippen LogP contribution in [0.15, 0.2) is 17.2 Å². The molecule has 5 nitrogen and oxygen atoms in total. The molecule has 1 aliphatic carbocycles. The maximum absolute atomic E-state index is 12.4. The number of nitrogens with one attached hydrogen (secondary N) is 2. The molecule has 1 aliphatic rings. The fourth-order valence-corrected chi connectivity index (χ4v) is 4.13. The Kier molecular flexibility index (Phi) is 4.56. The minimum atomic E-state index is -3.40. The second kappa shape index (κ2) is 5.87. The van der Waals surface area contributed by atoms with Crippen molar-refractivity contribution >= 4 is 10.0 Å². The highest BCUT2D eigenvalue weighted by Crippen LogP contribution is 2.37. The molecule has 0 aliphatic heterocycles. The molecule has 1 saturated carbocycles. The lowest BCUT2D eigenvalue weighted by molar-refractivity contribution is 0.336. The van der Waals surface area contributed by atoms with Crippen molar-refractivity contribution in [3.8, 4) is 0 Å². The average Bonchev–Trinajstić information content (AvgIpc) is 2.97. The van der Waals surface area contributed by atoms with Gasteiger partial charge in [-0.1, -0.05) is 19.8 Å². The average molecular weight is 299 g/mol. The zero-order chi connectivity index (χ0) is 14.8. The first-order valence-electron chi connectivity index (χ1n) is 7.16. The number of aromatic nitrogens is 1. The van der Waals surface area contributed by atoms with E-state index in [1.54, 1.807) is 12.3 Å². The predicted octanol–water partition coefficient (Wildman–Crippen LogP) is 1.60. The molecule has 1 fully saturated rings. The van der Waals surface area contributed by atoms with Crippen molar-refractivity contribution in [3.63, 3.8) is 0 Å². The summed E-state index contributed by atoms with van der Waals surface area (Å²) in [5.74, 6) is 0. The van der Waals surface area contributed by atoms with Gasteiger partial charge in [-0.2, -0.15) is 0 Å². The van der Waals surface area contributed by atoms with Gasteiger partial charge in [-0.25, -0.2) is 13.1 Å². The van der Waals surface area contributed by atoms with Crippen LogP contribution in [0.3, 0.4) is 0 Å². The third-order valence-electron chi connectivity index (χ3n) is 4.25.